The number of carbonyl (C=O) groups excluding carboxylic acids is 2. The van der Waals surface area contributed by atoms with Gasteiger partial charge in [-0.05, 0) is 68.7 Å². The number of para-hydroxylation sites is 1. The molecule has 1 heterocycles. The summed E-state index contributed by atoms with van der Waals surface area (Å²) in [5.41, 5.74) is 4.54. The lowest BCUT2D eigenvalue weighted by Gasteiger charge is -2.35. The van der Waals surface area contributed by atoms with Crippen molar-refractivity contribution in [2.24, 2.45) is 0 Å². The summed E-state index contributed by atoms with van der Waals surface area (Å²) in [6.45, 7) is 4.02. The summed E-state index contributed by atoms with van der Waals surface area (Å²) in [5, 5.41) is 2.81. The SMILES string of the molecule is COc1ccccc1-c1ccc(N2CCN(C)CC2)c(C=CC(=O)Oc2cccc(NC(=O)CN(C)C)c2)c1. The Bertz CT molecular complexity index is 1330. The maximum Gasteiger partial charge on any atom is 0.336 e. The number of amides is 1. The molecule has 3 aromatic carbocycles. The Kier molecular flexibility index (Phi) is 9.35. The van der Waals surface area contributed by atoms with Crippen molar-refractivity contribution in [2.45, 2.75) is 0 Å². The van der Waals surface area contributed by atoms with Gasteiger partial charge >= 0.3 is 5.97 Å². The topological polar surface area (TPSA) is 74.4 Å². The predicted octanol–water partition coefficient (Wildman–Crippen LogP) is 4.23. The molecular formula is C31H36N4O4. The van der Waals surface area contributed by atoms with Gasteiger partial charge in [-0.25, -0.2) is 4.79 Å². The number of piperazine rings is 1. The van der Waals surface area contributed by atoms with Crippen LogP contribution >= 0.6 is 0 Å². The molecule has 0 saturated carbocycles. The smallest absolute Gasteiger partial charge is 0.336 e. The van der Waals surface area contributed by atoms with E-state index in [1.807, 2.05) is 38.4 Å². The first-order valence-electron chi connectivity index (χ1n) is 13.0. The minimum Gasteiger partial charge on any atom is -0.496 e. The van der Waals surface area contributed by atoms with Gasteiger partial charge in [0.2, 0.25) is 5.91 Å². The number of anilines is 2. The Morgan fingerprint density at radius 3 is 2.49 bits per heavy atom. The molecule has 1 fully saturated rings. The van der Waals surface area contributed by atoms with Crippen LogP contribution in [0.5, 0.6) is 11.5 Å². The molecule has 204 valence electrons. The molecule has 3 aromatic rings. The van der Waals surface area contributed by atoms with E-state index >= 15 is 0 Å². The maximum atomic E-state index is 12.8. The first kappa shape index (κ1) is 27.9. The number of carbonyl (C=O) groups is 2. The standard InChI is InChI=1S/C31H36N4O4/c1-33(2)22-30(36)32-25-8-7-9-26(21-25)39-31(37)15-13-24-20-23(27-10-5-6-11-29(27)38-4)12-14-28(24)35-18-16-34(3)17-19-35/h5-15,20-21H,16-19,22H2,1-4H3,(H,32,36). The van der Waals surface area contributed by atoms with Crippen LogP contribution in [0.2, 0.25) is 0 Å². The van der Waals surface area contributed by atoms with Gasteiger partial charge in [-0.1, -0.05) is 30.3 Å². The Labute approximate surface area is 230 Å². The third kappa shape index (κ3) is 7.69. The van der Waals surface area contributed by atoms with Crippen molar-refractivity contribution in [1.29, 1.82) is 0 Å². The second-order valence-corrected chi connectivity index (χ2v) is 9.83. The number of rotatable bonds is 9. The summed E-state index contributed by atoms with van der Waals surface area (Å²) in [7, 11) is 7.44. The first-order chi connectivity index (χ1) is 18.8. The van der Waals surface area contributed by atoms with Crippen molar-refractivity contribution in [1.82, 2.24) is 9.80 Å². The zero-order chi connectivity index (χ0) is 27.8. The van der Waals surface area contributed by atoms with Crippen molar-refractivity contribution in [2.75, 3.05) is 71.2 Å². The molecule has 1 aliphatic rings. The number of esters is 1. The minimum absolute atomic E-state index is 0.144. The molecule has 8 nitrogen and oxygen atoms in total. The van der Waals surface area contributed by atoms with Crippen LogP contribution < -0.4 is 19.7 Å². The molecule has 1 saturated heterocycles. The fourth-order valence-electron chi connectivity index (χ4n) is 4.51. The molecule has 0 aromatic heterocycles. The Hall–Kier alpha value is -4.14. The van der Waals surface area contributed by atoms with Crippen molar-refractivity contribution >= 4 is 29.3 Å². The van der Waals surface area contributed by atoms with E-state index in [1.165, 1.54) is 6.08 Å². The van der Waals surface area contributed by atoms with Gasteiger partial charge in [0.15, 0.2) is 0 Å². The van der Waals surface area contributed by atoms with E-state index in [4.69, 9.17) is 9.47 Å². The zero-order valence-corrected chi connectivity index (χ0v) is 23.0. The maximum absolute atomic E-state index is 12.8. The third-order valence-corrected chi connectivity index (χ3v) is 6.48. The zero-order valence-electron chi connectivity index (χ0n) is 23.0. The summed E-state index contributed by atoms with van der Waals surface area (Å²) in [6.07, 6.45) is 3.25. The lowest BCUT2D eigenvalue weighted by atomic mass is 9.99. The van der Waals surface area contributed by atoms with Gasteiger partial charge in [-0.2, -0.15) is 0 Å². The van der Waals surface area contributed by atoms with Gasteiger partial charge in [-0.3, -0.25) is 4.79 Å². The quantitative estimate of drug-likeness (QED) is 0.253. The lowest BCUT2D eigenvalue weighted by molar-refractivity contribution is -0.128. The monoisotopic (exact) mass is 528 g/mol. The molecule has 0 unspecified atom stereocenters. The van der Waals surface area contributed by atoms with E-state index in [2.05, 4.69) is 40.4 Å². The molecule has 0 atom stereocenters. The van der Waals surface area contributed by atoms with Gasteiger partial charge in [0.1, 0.15) is 11.5 Å². The minimum atomic E-state index is -0.501. The number of nitrogens with zero attached hydrogens (tertiary/aromatic N) is 3. The average Bonchev–Trinajstić information content (AvgIpc) is 2.92. The highest BCUT2D eigenvalue weighted by molar-refractivity contribution is 5.93. The Morgan fingerprint density at radius 1 is 0.974 bits per heavy atom. The number of likely N-dealkylation sites (N-methyl/N-ethyl adjacent to an activating group) is 2. The van der Waals surface area contributed by atoms with Crippen LogP contribution in [0.1, 0.15) is 5.56 Å². The predicted molar refractivity (Wildman–Crippen MR) is 156 cm³/mol. The largest absolute Gasteiger partial charge is 0.496 e. The summed E-state index contributed by atoms with van der Waals surface area (Å²) in [4.78, 5) is 31.3. The number of benzene rings is 3. The highest BCUT2D eigenvalue weighted by atomic mass is 16.5. The van der Waals surface area contributed by atoms with Crippen molar-refractivity contribution in [3.8, 4) is 22.6 Å². The molecule has 0 spiro atoms. The van der Waals surface area contributed by atoms with E-state index in [0.29, 0.717) is 11.4 Å². The molecule has 0 bridgehead atoms. The fraction of sp³-hybridized carbons (Fsp3) is 0.290. The second-order valence-electron chi connectivity index (χ2n) is 9.83. The van der Waals surface area contributed by atoms with E-state index in [9.17, 15) is 9.59 Å². The van der Waals surface area contributed by atoms with E-state index in [0.717, 1.165) is 54.3 Å². The van der Waals surface area contributed by atoms with Crippen LogP contribution in [0, 0.1) is 0 Å². The van der Waals surface area contributed by atoms with Crippen molar-refractivity contribution < 1.29 is 19.1 Å². The fourth-order valence-corrected chi connectivity index (χ4v) is 4.51. The van der Waals surface area contributed by atoms with E-state index in [-0.39, 0.29) is 12.5 Å². The van der Waals surface area contributed by atoms with Crippen LogP contribution in [-0.4, -0.2) is 82.7 Å². The van der Waals surface area contributed by atoms with E-state index in [1.54, 1.807) is 42.4 Å². The highest BCUT2D eigenvalue weighted by Crippen LogP contribution is 2.34. The first-order valence-corrected chi connectivity index (χ1v) is 13.0. The molecule has 39 heavy (non-hydrogen) atoms. The van der Waals surface area contributed by atoms with Crippen molar-refractivity contribution in [3.63, 3.8) is 0 Å². The summed E-state index contributed by atoms with van der Waals surface area (Å²) in [5.74, 6) is 0.500. The van der Waals surface area contributed by atoms with Crippen LogP contribution in [0.15, 0.2) is 72.8 Å². The molecule has 0 radical (unpaired) electrons. The van der Waals surface area contributed by atoms with E-state index < -0.39 is 5.97 Å². The number of ether oxygens (including phenoxy) is 2. The van der Waals surface area contributed by atoms with Crippen molar-refractivity contribution in [3.05, 3.63) is 78.4 Å². The molecular weight excluding hydrogens is 492 g/mol. The van der Waals surface area contributed by atoms with Gasteiger partial charge in [0, 0.05) is 55.3 Å². The van der Waals surface area contributed by atoms with Gasteiger partial charge in [-0.15, -0.1) is 0 Å². The van der Waals surface area contributed by atoms with Crippen LogP contribution in [-0.2, 0) is 9.59 Å². The van der Waals surface area contributed by atoms with Crippen LogP contribution in [0.4, 0.5) is 11.4 Å². The molecule has 8 heteroatoms. The summed E-state index contributed by atoms with van der Waals surface area (Å²) >= 11 is 0. The summed E-state index contributed by atoms with van der Waals surface area (Å²) in [6, 6.07) is 21.0. The van der Waals surface area contributed by atoms with Gasteiger partial charge in [0.05, 0.1) is 13.7 Å². The lowest BCUT2D eigenvalue weighted by Crippen LogP contribution is -2.44. The normalized spacial score (nSPS) is 14.0. The third-order valence-electron chi connectivity index (χ3n) is 6.48. The Balaban J connectivity index is 1.55. The Morgan fingerprint density at radius 2 is 1.74 bits per heavy atom. The average molecular weight is 529 g/mol. The summed E-state index contributed by atoms with van der Waals surface area (Å²) < 4.78 is 11.1. The highest BCUT2D eigenvalue weighted by Gasteiger charge is 2.18. The molecule has 1 amide bonds. The molecule has 1 N–H and O–H groups in total. The second kappa shape index (κ2) is 13.1. The van der Waals surface area contributed by atoms with Crippen LogP contribution in [0.25, 0.3) is 17.2 Å². The number of nitrogens with one attached hydrogen (secondary N) is 1. The molecule has 0 aliphatic carbocycles. The molecule has 4 rings (SSSR count). The molecule has 1 aliphatic heterocycles. The van der Waals surface area contributed by atoms with Gasteiger partial charge < -0.3 is 29.5 Å². The van der Waals surface area contributed by atoms with Gasteiger partial charge in [0.25, 0.3) is 0 Å². The number of hydrogen-bond donors (Lipinski definition) is 1. The van der Waals surface area contributed by atoms with Crippen LogP contribution in [0.3, 0.4) is 0 Å². The number of methoxy groups -OCH3 is 1. The number of hydrogen-bond acceptors (Lipinski definition) is 7.